The van der Waals surface area contributed by atoms with Crippen molar-refractivity contribution in [1.29, 1.82) is 0 Å². The van der Waals surface area contributed by atoms with E-state index in [0.29, 0.717) is 18.6 Å². The lowest BCUT2D eigenvalue weighted by atomic mass is 9.48. The average Bonchev–Trinajstić information content (AvgIpc) is 2.83. The topological polar surface area (TPSA) is 38.7 Å². The van der Waals surface area contributed by atoms with Crippen LogP contribution in [0.2, 0.25) is 0 Å². The number of morpholine rings is 1. The monoisotopic (exact) mass is 497 g/mol. The van der Waals surface area contributed by atoms with Gasteiger partial charge < -0.3 is 31.5 Å². The van der Waals surface area contributed by atoms with E-state index >= 15 is 0 Å². The number of hydrogen-bond acceptors (Lipinski definition) is 3. The van der Waals surface area contributed by atoms with Gasteiger partial charge in [0.2, 0.25) is 0 Å². The van der Waals surface area contributed by atoms with E-state index in [4.69, 9.17) is 9.47 Å². The van der Waals surface area contributed by atoms with Crippen LogP contribution in [0.4, 0.5) is 0 Å². The molecule has 4 saturated carbocycles. The highest BCUT2D eigenvalue weighted by atomic mass is 35.5. The van der Waals surface area contributed by atoms with Crippen LogP contribution in [0.15, 0.2) is 54.6 Å². The summed E-state index contributed by atoms with van der Waals surface area (Å²) in [4.78, 5) is 0. The SMILES string of the molecule is OC(COc1ccc(C23CC4CC(CC(C4)C2)C3)cc1)C[N+]1(Cc2ccccc2)CCOCC1.[Cl-]. The largest absolute Gasteiger partial charge is 1.00 e. The number of ether oxygens (including phenoxy) is 2. The van der Waals surface area contributed by atoms with E-state index in [-0.39, 0.29) is 12.4 Å². The smallest absolute Gasteiger partial charge is 0.137 e. The van der Waals surface area contributed by atoms with Gasteiger partial charge in [-0.2, -0.15) is 0 Å². The fourth-order valence-corrected chi connectivity index (χ4v) is 8.17. The maximum absolute atomic E-state index is 10.9. The number of halogens is 1. The van der Waals surface area contributed by atoms with Crippen molar-refractivity contribution in [2.45, 2.75) is 56.6 Å². The molecule has 1 aliphatic heterocycles. The van der Waals surface area contributed by atoms with E-state index in [1.54, 1.807) is 0 Å². The molecule has 2 aromatic carbocycles. The van der Waals surface area contributed by atoms with E-state index in [0.717, 1.165) is 60.8 Å². The highest BCUT2D eigenvalue weighted by Crippen LogP contribution is 2.60. The van der Waals surface area contributed by atoms with E-state index in [2.05, 4.69) is 54.6 Å². The summed E-state index contributed by atoms with van der Waals surface area (Å²) >= 11 is 0. The summed E-state index contributed by atoms with van der Waals surface area (Å²) in [6.45, 7) is 5.35. The molecule has 0 spiro atoms. The van der Waals surface area contributed by atoms with Crippen molar-refractivity contribution in [3.8, 4) is 5.75 Å². The van der Waals surface area contributed by atoms with E-state index < -0.39 is 6.10 Å². The van der Waals surface area contributed by atoms with Crippen LogP contribution in [0.25, 0.3) is 0 Å². The van der Waals surface area contributed by atoms with E-state index in [1.165, 1.54) is 49.7 Å². The van der Waals surface area contributed by atoms with Crippen LogP contribution in [0.3, 0.4) is 0 Å². The van der Waals surface area contributed by atoms with Gasteiger partial charge in [0.15, 0.2) is 0 Å². The molecule has 0 radical (unpaired) electrons. The van der Waals surface area contributed by atoms with Crippen LogP contribution < -0.4 is 17.1 Å². The quantitative estimate of drug-likeness (QED) is 0.567. The average molecular weight is 498 g/mol. The maximum Gasteiger partial charge on any atom is 0.137 e. The van der Waals surface area contributed by atoms with Gasteiger partial charge >= 0.3 is 0 Å². The van der Waals surface area contributed by atoms with Crippen molar-refractivity contribution < 1.29 is 31.5 Å². The Morgan fingerprint density at radius 2 is 1.49 bits per heavy atom. The van der Waals surface area contributed by atoms with Gasteiger partial charge in [0, 0.05) is 5.56 Å². The van der Waals surface area contributed by atoms with Crippen molar-refractivity contribution in [2.75, 3.05) is 39.5 Å². The number of hydrogen-bond donors (Lipinski definition) is 1. The minimum Gasteiger partial charge on any atom is -1.00 e. The summed E-state index contributed by atoms with van der Waals surface area (Å²) in [7, 11) is 0. The Bertz CT molecular complexity index is 922. The predicted molar refractivity (Wildman–Crippen MR) is 134 cm³/mol. The molecule has 0 aromatic heterocycles. The molecule has 1 N–H and O–H groups in total. The van der Waals surface area contributed by atoms with Crippen molar-refractivity contribution in [3.05, 3.63) is 65.7 Å². The third-order valence-corrected chi connectivity index (χ3v) is 9.33. The lowest BCUT2D eigenvalue weighted by molar-refractivity contribution is -0.950. The van der Waals surface area contributed by atoms with Crippen molar-refractivity contribution in [1.82, 2.24) is 0 Å². The van der Waals surface area contributed by atoms with Gasteiger partial charge in [-0.05, 0) is 79.4 Å². The summed E-state index contributed by atoms with van der Waals surface area (Å²) in [6.07, 6.45) is 8.12. The first kappa shape index (κ1) is 25.1. The lowest BCUT2D eigenvalue weighted by Gasteiger charge is -2.57. The van der Waals surface area contributed by atoms with Crippen LogP contribution in [-0.4, -0.2) is 55.1 Å². The Hall–Kier alpha value is -1.59. The summed E-state index contributed by atoms with van der Waals surface area (Å²) in [5.74, 6) is 3.76. The second-order valence-corrected chi connectivity index (χ2v) is 11.9. The zero-order valence-electron chi connectivity index (χ0n) is 20.8. The Morgan fingerprint density at radius 3 is 2.09 bits per heavy atom. The molecule has 1 unspecified atom stereocenters. The molecular weight excluding hydrogens is 458 g/mol. The molecular formula is C30H40ClNO3. The molecule has 5 aliphatic rings. The van der Waals surface area contributed by atoms with Crippen LogP contribution >= 0.6 is 0 Å². The molecule has 1 saturated heterocycles. The molecule has 5 fully saturated rings. The summed E-state index contributed by atoms with van der Waals surface area (Å²) in [5, 5.41) is 10.9. The normalized spacial score (nSPS) is 31.5. The van der Waals surface area contributed by atoms with E-state index in [9.17, 15) is 5.11 Å². The molecule has 0 amide bonds. The molecule has 190 valence electrons. The highest BCUT2D eigenvalue weighted by Gasteiger charge is 2.51. The fourth-order valence-electron chi connectivity index (χ4n) is 8.17. The third kappa shape index (κ3) is 5.41. The molecule has 2 aromatic rings. The molecule has 1 atom stereocenters. The van der Waals surface area contributed by atoms with Crippen LogP contribution in [0.1, 0.15) is 49.7 Å². The third-order valence-electron chi connectivity index (χ3n) is 9.33. The first-order valence-corrected chi connectivity index (χ1v) is 13.5. The highest BCUT2D eigenvalue weighted by molar-refractivity contribution is 5.34. The van der Waals surface area contributed by atoms with E-state index in [1.807, 2.05) is 0 Å². The molecule has 1 heterocycles. The van der Waals surface area contributed by atoms with Crippen molar-refractivity contribution in [3.63, 3.8) is 0 Å². The second-order valence-electron chi connectivity index (χ2n) is 11.9. The van der Waals surface area contributed by atoms with Crippen molar-refractivity contribution in [2.24, 2.45) is 17.8 Å². The number of nitrogens with zero attached hydrogens (tertiary/aromatic N) is 1. The molecule has 35 heavy (non-hydrogen) atoms. The van der Waals surface area contributed by atoms with Gasteiger partial charge in [-0.1, -0.05) is 42.5 Å². The Balaban J connectivity index is 0.00000253. The van der Waals surface area contributed by atoms with Crippen LogP contribution in [0.5, 0.6) is 5.75 Å². The van der Waals surface area contributed by atoms with Gasteiger partial charge in [0.1, 0.15) is 44.6 Å². The Kier molecular flexibility index (Phi) is 7.46. The maximum atomic E-state index is 10.9. The summed E-state index contributed by atoms with van der Waals surface area (Å²) in [6, 6.07) is 19.5. The Morgan fingerprint density at radius 1 is 0.886 bits per heavy atom. The molecule has 7 rings (SSSR count). The zero-order chi connectivity index (χ0) is 23.0. The summed E-state index contributed by atoms with van der Waals surface area (Å²) < 4.78 is 12.6. The minimum atomic E-state index is -0.496. The van der Waals surface area contributed by atoms with Crippen LogP contribution in [0, 0.1) is 17.8 Å². The molecule has 5 heteroatoms. The van der Waals surface area contributed by atoms with Crippen molar-refractivity contribution >= 4 is 0 Å². The number of aliphatic hydroxyl groups excluding tert-OH is 1. The minimum absolute atomic E-state index is 0. The number of benzene rings is 2. The Labute approximate surface area is 216 Å². The molecule has 4 aliphatic carbocycles. The predicted octanol–water partition coefficient (Wildman–Crippen LogP) is 1.95. The lowest BCUT2D eigenvalue weighted by Crippen LogP contribution is -3.00. The van der Waals surface area contributed by atoms with Gasteiger partial charge in [0.05, 0.1) is 13.2 Å². The first-order valence-electron chi connectivity index (χ1n) is 13.5. The number of rotatable bonds is 8. The number of quaternary nitrogens is 1. The zero-order valence-corrected chi connectivity index (χ0v) is 21.5. The summed E-state index contributed by atoms with van der Waals surface area (Å²) in [5.41, 5.74) is 3.27. The second kappa shape index (κ2) is 10.4. The van der Waals surface area contributed by atoms with Gasteiger partial charge in [-0.25, -0.2) is 0 Å². The molecule has 4 bridgehead atoms. The molecule has 4 nitrogen and oxygen atoms in total. The van der Waals surface area contributed by atoms with Gasteiger partial charge in [-0.15, -0.1) is 0 Å². The van der Waals surface area contributed by atoms with Gasteiger partial charge in [0.25, 0.3) is 0 Å². The van der Waals surface area contributed by atoms with Gasteiger partial charge in [-0.3, -0.25) is 0 Å². The number of aliphatic hydroxyl groups is 1. The first-order chi connectivity index (χ1) is 16.6. The standard InChI is InChI=1S/C30H40NO3.ClH/c32-28(21-31(10-12-33-13-11-31)20-23-4-2-1-3-5-23)22-34-29-8-6-27(7-9-29)30-17-24-14-25(18-30)16-26(15-24)19-30;/h1-9,24-26,28,32H,10-22H2;1H/q+1;/p-1. The van der Waals surface area contributed by atoms with Crippen LogP contribution in [-0.2, 0) is 16.7 Å². The fraction of sp³-hybridized carbons (Fsp3) is 0.600.